The summed E-state index contributed by atoms with van der Waals surface area (Å²) < 4.78 is 5.74. The second-order valence-corrected chi connectivity index (χ2v) is 5.14. The van der Waals surface area contributed by atoms with Crippen LogP contribution in [0.15, 0.2) is 18.2 Å². The number of hydrogen-bond donors (Lipinski definition) is 1. The van der Waals surface area contributed by atoms with Gasteiger partial charge >= 0.3 is 0 Å². The van der Waals surface area contributed by atoms with Crippen LogP contribution in [-0.2, 0) is 6.42 Å². The first kappa shape index (κ1) is 10.9. The summed E-state index contributed by atoms with van der Waals surface area (Å²) in [5.41, 5.74) is 0.989. The van der Waals surface area contributed by atoms with Crippen LogP contribution in [0.2, 0.25) is 0 Å². The van der Waals surface area contributed by atoms with Gasteiger partial charge in [-0.15, -0.1) is 0 Å². The van der Waals surface area contributed by atoms with E-state index in [2.05, 4.69) is 4.90 Å². The van der Waals surface area contributed by atoms with Crippen LogP contribution in [0, 0.1) is 5.92 Å². The number of phenolic OH excluding ortho intramolecular Hbond substituents is 1. The first-order valence-corrected chi connectivity index (χ1v) is 6.49. The van der Waals surface area contributed by atoms with Gasteiger partial charge in [-0.1, -0.05) is 6.07 Å². The van der Waals surface area contributed by atoms with E-state index >= 15 is 0 Å². The van der Waals surface area contributed by atoms with E-state index < -0.39 is 0 Å². The van der Waals surface area contributed by atoms with Crippen molar-refractivity contribution in [3.05, 3.63) is 23.8 Å². The van der Waals surface area contributed by atoms with E-state index in [0.717, 1.165) is 30.9 Å². The summed E-state index contributed by atoms with van der Waals surface area (Å²) in [5, 5.41) is 9.84. The summed E-state index contributed by atoms with van der Waals surface area (Å²) in [6.45, 7) is 4.34. The maximum Gasteiger partial charge on any atom is 0.126 e. The quantitative estimate of drug-likeness (QED) is 0.848. The number of hydrogen-bond acceptors (Lipinski definition) is 3. The molecule has 0 amide bonds. The largest absolute Gasteiger partial charge is 0.508 e. The van der Waals surface area contributed by atoms with E-state index in [-0.39, 0.29) is 0 Å². The SMILES string of the molecule is Oc1cccc2c1CC(CN1CCCC1)CO2. The molecule has 1 atom stereocenters. The van der Waals surface area contributed by atoms with Crippen molar-refractivity contribution in [1.82, 2.24) is 4.90 Å². The second kappa shape index (κ2) is 4.57. The molecule has 3 rings (SSSR count). The Balaban J connectivity index is 1.69. The Kier molecular flexibility index (Phi) is 2.93. The van der Waals surface area contributed by atoms with Gasteiger partial charge in [0.1, 0.15) is 11.5 Å². The molecule has 92 valence electrons. The van der Waals surface area contributed by atoms with Crippen molar-refractivity contribution in [2.75, 3.05) is 26.2 Å². The maximum absolute atomic E-state index is 9.84. The Hall–Kier alpha value is -1.22. The van der Waals surface area contributed by atoms with Gasteiger partial charge in [0.25, 0.3) is 0 Å². The number of ether oxygens (including phenoxy) is 1. The van der Waals surface area contributed by atoms with Crippen LogP contribution in [-0.4, -0.2) is 36.2 Å². The highest BCUT2D eigenvalue weighted by molar-refractivity contribution is 5.45. The number of aromatic hydroxyl groups is 1. The molecule has 2 aliphatic rings. The number of rotatable bonds is 2. The smallest absolute Gasteiger partial charge is 0.126 e. The van der Waals surface area contributed by atoms with Gasteiger partial charge in [-0.25, -0.2) is 0 Å². The minimum Gasteiger partial charge on any atom is -0.508 e. The molecule has 17 heavy (non-hydrogen) atoms. The van der Waals surface area contributed by atoms with Crippen LogP contribution < -0.4 is 4.74 Å². The fourth-order valence-corrected chi connectivity index (χ4v) is 2.90. The van der Waals surface area contributed by atoms with Crippen LogP contribution in [0.4, 0.5) is 0 Å². The molecule has 1 fully saturated rings. The lowest BCUT2D eigenvalue weighted by Gasteiger charge is -2.29. The molecule has 0 saturated carbocycles. The van der Waals surface area contributed by atoms with Gasteiger partial charge in [-0.3, -0.25) is 0 Å². The molecule has 0 aromatic heterocycles. The molecule has 0 aliphatic carbocycles. The summed E-state index contributed by atoms with van der Waals surface area (Å²) in [6, 6.07) is 5.54. The van der Waals surface area contributed by atoms with Crippen LogP contribution in [0.3, 0.4) is 0 Å². The minimum atomic E-state index is 0.383. The Morgan fingerprint density at radius 2 is 2.12 bits per heavy atom. The number of fused-ring (bicyclic) bond motifs is 1. The van der Waals surface area contributed by atoms with E-state index in [1.165, 1.54) is 25.9 Å². The third-order valence-corrected chi connectivity index (χ3v) is 3.79. The Morgan fingerprint density at radius 3 is 2.94 bits per heavy atom. The van der Waals surface area contributed by atoms with Crippen LogP contribution in [0.1, 0.15) is 18.4 Å². The predicted molar refractivity (Wildman–Crippen MR) is 66.5 cm³/mol. The molecule has 2 heterocycles. The van der Waals surface area contributed by atoms with Crippen molar-refractivity contribution in [2.24, 2.45) is 5.92 Å². The van der Waals surface area contributed by atoms with Gasteiger partial charge in [0.2, 0.25) is 0 Å². The molecule has 1 aromatic rings. The van der Waals surface area contributed by atoms with Gasteiger partial charge in [0, 0.05) is 18.0 Å². The van der Waals surface area contributed by atoms with Gasteiger partial charge < -0.3 is 14.7 Å². The number of benzene rings is 1. The monoisotopic (exact) mass is 233 g/mol. The van der Waals surface area contributed by atoms with Gasteiger partial charge in [-0.2, -0.15) is 0 Å². The van der Waals surface area contributed by atoms with E-state index in [0.29, 0.717) is 11.7 Å². The zero-order chi connectivity index (χ0) is 11.7. The number of nitrogens with zero attached hydrogens (tertiary/aromatic N) is 1. The molecule has 0 spiro atoms. The zero-order valence-electron chi connectivity index (χ0n) is 10.1. The summed E-state index contributed by atoms with van der Waals surface area (Å²) in [6.07, 6.45) is 3.60. The highest BCUT2D eigenvalue weighted by atomic mass is 16.5. The first-order chi connectivity index (χ1) is 8.33. The van der Waals surface area contributed by atoms with E-state index in [1.54, 1.807) is 6.07 Å². The number of phenols is 1. The third kappa shape index (κ3) is 2.25. The molecule has 0 radical (unpaired) electrons. The van der Waals surface area contributed by atoms with E-state index in [9.17, 15) is 5.11 Å². The zero-order valence-corrected chi connectivity index (χ0v) is 10.1. The molecule has 3 nitrogen and oxygen atoms in total. The summed E-state index contributed by atoms with van der Waals surface area (Å²) >= 11 is 0. The van der Waals surface area contributed by atoms with Gasteiger partial charge in [0.15, 0.2) is 0 Å². The van der Waals surface area contributed by atoms with Crippen molar-refractivity contribution < 1.29 is 9.84 Å². The molecular formula is C14H19NO2. The Bertz CT molecular complexity index is 399. The first-order valence-electron chi connectivity index (χ1n) is 6.49. The van der Waals surface area contributed by atoms with E-state index in [4.69, 9.17) is 4.74 Å². The average molecular weight is 233 g/mol. The van der Waals surface area contributed by atoms with Crippen LogP contribution >= 0.6 is 0 Å². The summed E-state index contributed by atoms with van der Waals surface area (Å²) in [4.78, 5) is 2.51. The van der Waals surface area contributed by atoms with Gasteiger partial charge in [0.05, 0.1) is 6.61 Å². The molecule has 2 aliphatic heterocycles. The van der Waals surface area contributed by atoms with Crippen molar-refractivity contribution in [3.63, 3.8) is 0 Å². The fraction of sp³-hybridized carbons (Fsp3) is 0.571. The van der Waals surface area contributed by atoms with Crippen LogP contribution in [0.5, 0.6) is 11.5 Å². The highest BCUT2D eigenvalue weighted by Gasteiger charge is 2.25. The standard InChI is InChI=1S/C14H19NO2/c16-13-4-3-5-14-12(13)8-11(10-17-14)9-15-6-1-2-7-15/h3-5,11,16H,1-2,6-10H2. The normalized spacial score (nSPS) is 24.4. The average Bonchev–Trinajstić information content (AvgIpc) is 2.83. The lowest BCUT2D eigenvalue weighted by Crippen LogP contribution is -2.33. The van der Waals surface area contributed by atoms with Crippen molar-refractivity contribution in [3.8, 4) is 11.5 Å². The summed E-state index contributed by atoms with van der Waals surface area (Å²) in [7, 11) is 0. The highest BCUT2D eigenvalue weighted by Crippen LogP contribution is 2.34. The molecule has 3 heteroatoms. The van der Waals surface area contributed by atoms with Crippen LogP contribution in [0.25, 0.3) is 0 Å². The topological polar surface area (TPSA) is 32.7 Å². The van der Waals surface area contributed by atoms with E-state index in [1.807, 2.05) is 12.1 Å². The minimum absolute atomic E-state index is 0.383. The molecular weight excluding hydrogens is 214 g/mol. The predicted octanol–water partition coefficient (Wildman–Crippen LogP) is 2.04. The van der Waals surface area contributed by atoms with Crippen molar-refractivity contribution in [1.29, 1.82) is 0 Å². The molecule has 1 saturated heterocycles. The lowest BCUT2D eigenvalue weighted by atomic mass is 9.95. The summed E-state index contributed by atoms with van der Waals surface area (Å²) in [5.74, 6) is 1.77. The Labute approximate surface area is 102 Å². The maximum atomic E-state index is 9.84. The fourth-order valence-electron chi connectivity index (χ4n) is 2.90. The third-order valence-electron chi connectivity index (χ3n) is 3.79. The molecule has 0 bridgehead atoms. The lowest BCUT2D eigenvalue weighted by molar-refractivity contribution is 0.173. The number of likely N-dealkylation sites (tertiary alicyclic amines) is 1. The molecule has 1 aromatic carbocycles. The molecule has 1 unspecified atom stereocenters. The Morgan fingerprint density at radius 1 is 1.29 bits per heavy atom. The second-order valence-electron chi connectivity index (χ2n) is 5.14. The van der Waals surface area contributed by atoms with Gasteiger partial charge in [-0.05, 0) is 44.5 Å². The van der Waals surface area contributed by atoms with Crippen molar-refractivity contribution >= 4 is 0 Å². The molecule has 1 N–H and O–H groups in total. The van der Waals surface area contributed by atoms with Crippen molar-refractivity contribution in [2.45, 2.75) is 19.3 Å².